The number of carbonyl (C=O) groups is 2. The highest BCUT2D eigenvalue weighted by Gasteiger charge is 2.30. The number of benzene rings is 3. The average Bonchev–Trinajstić information content (AvgIpc) is 3.25. The van der Waals surface area contributed by atoms with Crippen LogP contribution < -0.4 is 16.2 Å². The zero-order chi connectivity index (χ0) is 20.2. The lowest BCUT2D eigenvalue weighted by Crippen LogP contribution is -2.39. The Morgan fingerprint density at radius 1 is 0.862 bits per heavy atom. The largest absolute Gasteiger partial charge is 0.324 e. The molecular weight excluding hydrogens is 430 g/mol. The number of nitrogens with one attached hydrogen (secondary N) is 3. The van der Waals surface area contributed by atoms with Crippen LogP contribution in [0.5, 0.6) is 0 Å². The van der Waals surface area contributed by atoms with E-state index in [9.17, 15) is 9.59 Å². The highest BCUT2D eigenvalue weighted by molar-refractivity contribution is 9.10. The third kappa shape index (κ3) is 4.45. The number of para-hydroxylation sites is 1. The van der Waals surface area contributed by atoms with Crippen LogP contribution in [-0.2, 0) is 4.79 Å². The van der Waals surface area contributed by atoms with Crippen LogP contribution in [0.4, 0.5) is 5.69 Å². The van der Waals surface area contributed by atoms with E-state index in [1.165, 1.54) is 0 Å². The van der Waals surface area contributed by atoms with Crippen LogP contribution in [0.15, 0.2) is 83.3 Å². The SMILES string of the molecule is O=C(c1ccccc1)c1ccccc1NC(=O)C1CC(c2ccc(Br)cc2)NN1. The fraction of sp³-hybridized carbons (Fsp3) is 0.130. The van der Waals surface area contributed by atoms with Crippen LogP contribution in [0.25, 0.3) is 0 Å². The second-order valence-electron chi connectivity index (χ2n) is 6.91. The van der Waals surface area contributed by atoms with E-state index in [2.05, 4.69) is 32.1 Å². The Balaban J connectivity index is 1.47. The monoisotopic (exact) mass is 449 g/mol. The summed E-state index contributed by atoms with van der Waals surface area (Å²) in [5.74, 6) is -0.294. The highest BCUT2D eigenvalue weighted by Crippen LogP contribution is 2.25. The zero-order valence-electron chi connectivity index (χ0n) is 15.6. The first-order valence-corrected chi connectivity index (χ1v) is 10.2. The van der Waals surface area contributed by atoms with Crippen molar-refractivity contribution >= 4 is 33.3 Å². The van der Waals surface area contributed by atoms with Crippen LogP contribution >= 0.6 is 15.9 Å². The molecule has 2 atom stereocenters. The average molecular weight is 450 g/mol. The van der Waals surface area contributed by atoms with Gasteiger partial charge in [-0.25, -0.2) is 10.9 Å². The Kier molecular flexibility index (Phi) is 5.85. The second-order valence-corrected chi connectivity index (χ2v) is 7.83. The number of anilines is 1. The van der Waals surface area contributed by atoms with Crippen LogP contribution in [0, 0.1) is 0 Å². The Morgan fingerprint density at radius 2 is 1.55 bits per heavy atom. The fourth-order valence-corrected chi connectivity index (χ4v) is 3.66. The van der Waals surface area contributed by atoms with Crippen molar-refractivity contribution < 1.29 is 9.59 Å². The number of hydrogen-bond acceptors (Lipinski definition) is 4. The molecule has 6 heteroatoms. The van der Waals surface area contributed by atoms with Gasteiger partial charge >= 0.3 is 0 Å². The predicted molar refractivity (Wildman–Crippen MR) is 117 cm³/mol. The summed E-state index contributed by atoms with van der Waals surface area (Å²) in [4.78, 5) is 25.7. The third-order valence-corrected chi connectivity index (χ3v) is 5.49. The van der Waals surface area contributed by atoms with Gasteiger partial charge in [0.15, 0.2) is 5.78 Å². The van der Waals surface area contributed by atoms with Gasteiger partial charge in [-0.2, -0.15) is 0 Å². The van der Waals surface area contributed by atoms with E-state index in [-0.39, 0.29) is 17.7 Å². The summed E-state index contributed by atoms with van der Waals surface area (Å²) in [6.07, 6.45) is 0.613. The molecule has 3 N–H and O–H groups in total. The van der Waals surface area contributed by atoms with Gasteiger partial charge in [-0.15, -0.1) is 0 Å². The molecule has 1 amide bonds. The Hall–Kier alpha value is -2.80. The maximum atomic E-state index is 12.9. The van der Waals surface area contributed by atoms with Crippen molar-refractivity contribution in [3.63, 3.8) is 0 Å². The molecule has 0 saturated carbocycles. The number of ketones is 1. The van der Waals surface area contributed by atoms with E-state index < -0.39 is 6.04 Å². The van der Waals surface area contributed by atoms with Gasteiger partial charge in [0.05, 0.1) is 5.69 Å². The third-order valence-electron chi connectivity index (χ3n) is 4.96. The van der Waals surface area contributed by atoms with Crippen molar-refractivity contribution in [1.29, 1.82) is 0 Å². The van der Waals surface area contributed by atoms with Gasteiger partial charge in [0, 0.05) is 21.6 Å². The number of halogens is 1. The highest BCUT2D eigenvalue weighted by atomic mass is 79.9. The van der Waals surface area contributed by atoms with Crippen molar-refractivity contribution in [2.75, 3.05) is 5.32 Å². The lowest BCUT2D eigenvalue weighted by molar-refractivity contribution is -0.117. The summed E-state index contributed by atoms with van der Waals surface area (Å²) in [7, 11) is 0. The summed E-state index contributed by atoms with van der Waals surface area (Å²) < 4.78 is 1.01. The molecule has 146 valence electrons. The standard InChI is InChI=1S/C23H20BrN3O2/c24-17-12-10-15(11-13-17)20-14-21(27-26-20)23(29)25-19-9-5-4-8-18(19)22(28)16-6-2-1-3-7-16/h1-13,20-21,26-27H,14H2,(H,25,29). The summed E-state index contributed by atoms with van der Waals surface area (Å²) in [5.41, 5.74) is 8.92. The van der Waals surface area contributed by atoms with E-state index >= 15 is 0 Å². The minimum absolute atomic E-state index is 0.0417. The predicted octanol–water partition coefficient (Wildman–Crippen LogP) is 4.23. The van der Waals surface area contributed by atoms with E-state index in [1.807, 2.05) is 48.5 Å². The van der Waals surface area contributed by atoms with Crippen LogP contribution in [0.1, 0.15) is 33.9 Å². The van der Waals surface area contributed by atoms with Crippen molar-refractivity contribution in [2.24, 2.45) is 0 Å². The van der Waals surface area contributed by atoms with Crippen LogP contribution in [-0.4, -0.2) is 17.7 Å². The molecule has 4 rings (SSSR count). The summed E-state index contributed by atoms with van der Waals surface area (Å²) in [6.45, 7) is 0. The Labute approximate surface area is 177 Å². The summed E-state index contributed by atoms with van der Waals surface area (Å²) in [6, 6.07) is 23.8. The van der Waals surface area contributed by atoms with Gasteiger partial charge in [-0.05, 0) is 36.2 Å². The molecule has 0 spiro atoms. The first-order valence-electron chi connectivity index (χ1n) is 9.38. The van der Waals surface area contributed by atoms with Crippen molar-refractivity contribution in [3.8, 4) is 0 Å². The number of carbonyl (C=O) groups excluding carboxylic acids is 2. The maximum absolute atomic E-state index is 12.9. The molecule has 0 aliphatic carbocycles. The Morgan fingerprint density at radius 3 is 2.31 bits per heavy atom. The van der Waals surface area contributed by atoms with Crippen molar-refractivity contribution in [1.82, 2.24) is 10.9 Å². The number of amides is 1. The van der Waals surface area contributed by atoms with E-state index in [0.29, 0.717) is 23.2 Å². The van der Waals surface area contributed by atoms with Gasteiger partial charge < -0.3 is 5.32 Å². The minimum Gasteiger partial charge on any atom is -0.324 e. The van der Waals surface area contributed by atoms with Crippen molar-refractivity contribution in [2.45, 2.75) is 18.5 Å². The summed E-state index contributed by atoms with van der Waals surface area (Å²) >= 11 is 3.43. The minimum atomic E-state index is -0.400. The molecule has 1 fully saturated rings. The molecule has 1 aliphatic rings. The van der Waals surface area contributed by atoms with Crippen LogP contribution in [0.3, 0.4) is 0 Å². The smallest absolute Gasteiger partial charge is 0.242 e. The maximum Gasteiger partial charge on any atom is 0.242 e. The molecule has 1 heterocycles. The van der Waals surface area contributed by atoms with Gasteiger partial charge in [-0.1, -0.05) is 70.5 Å². The molecule has 5 nitrogen and oxygen atoms in total. The molecular formula is C23H20BrN3O2. The van der Waals surface area contributed by atoms with E-state index in [0.717, 1.165) is 10.0 Å². The van der Waals surface area contributed by atoms with Gasteiger partial charge in [0.25, 0.3) is 0 Å². The van der Waals surface area contributed by atoms with Gasteiger partial charge in [0.1, 0.15) is 6.04 Å². The lowest BCUT2D eigenvalue weighted by atomic mass is 10.0. The first-order chi connectivity index (χ1) is 14.1. The van der Waals surface area contributed by atoms with Crippen LogP contribution in [0.2, 0.25) is 0 Å². The molecule has 0 aromatic heterocycles. The molecule has 0 radical (unpaired) electrons. The zero-order valence-corrected chi connectivity index (χ0v) is 17.1. The molecule has 3 aromatic rings. The molecule has 1 aliphatic heterocycles. The van der Waals surface area contributed by atoms with Gasteiger partial charge in [-0.3, -0.25) is 9.59 Å². The van der Waals surface area contributed by atoms with E-state index in [1.54, 1.807) is 30.3 Å². The molecule has 2 unspecified atom stereocenters. The summed E-state index contributed by atoms with van der Waals surface area (Å²) in [5, 5.41) is 2.91. The Bertz CT molecular complexity index is 1020. The molecule has 1 saturated heterocycles. The second kappa shape index (κ2) is 8.69. The van der Waals surface area contributed by atoms with E-state index in [4.69, 9.17) is 0 Å². The first kappa shape index (κ1) is 19.5. The number of rotatable bonds is 5. The molecule has 29 heavy (non-hydrogen) atoms. The quantitative estimate of drug-likeness (QED) is 0.509. The normalized spacial score (nSPS) is 18.4. The lowest BCUT2D eigenvalue weighted by Gasteiger charge is -2.14. The van der Waals surface area contributed by atoms with Gasteiger partial charge in [0.2, 0.25) is 5.91 Å². The number of hydrogen-bond donors (Lipinski definition) is 3. The molecule has 3 aromatic carbocycles. The topological polar surface area (TPSA) is 70.2 Å². The molecule has 0 bridgehead atoms. The number of hydrazine groups is 1. The fourth-order valence-electron chi connectivity index (χ4n) is 3.40. The van der Waals surface area contributed by atoms with Crippen molar-refractivity contribution in [3.05, 3.63) is 100 Å².